The first kappa shape index (κ1) is 24.3. The van der Waals surface area contributed by atoms with Crippen molar-refractivity contribution >= 4 is 23.9 Å². The van der Waals surface area contributed by atoms with Gasteiger partial charge in [-0.15, -0.1) is 0 Å². The highest BCUT2D eigenvalue weighted by molar-refractivity contribution is 6.04. The summed E-state index contributed by atoms with van der Waals surface area (Å²) in [5, 5.41) is 0. The molecule has 0 heterocycles. The number of carbonyl (C=O) groups is 4. The van der Waals surface area contributed by atoms with Crippen LogP contribution in [0.4, 0.5) is 0 Å². The molecule has 0 bridgehead atoms. The highest BCUT2D eigenvalue weighted by Crippen LogP contribution is 2.12. The van der Waals surface area contributed by atoms with Crippen molar-refractivity contribution in [2.24, 2.45) is 0 Å². The summed E-state index contributed by atoms with van der Waals surface area (Å²) in [5.41, 5.74) is -0.277. The van der Waals surface area contributed by atoms with E-state index in [-0.39, 0.29) is 37.2 Å². The van der Waals surface area contributed by atoms with Crippen molar-refractivity contribution in [2.75, 3.05) is 13.2 Å². The standard InChI is InChI=1S/C24H24O8/c1-17(23(27)31-21(25)13-15-29-19-9-5-3-6-10-19)18(2)24(28)32-22(26)14-16-30-20-11-7-4-8-12-20/h3-12H,13-16H2,1-2H3. The van der Waals surface area contributed by atoms with Crippen molar-refractivity contribution in [1.82, 2.24) is 0 Å². The van der Waals surface area contributed by atoms with Crippen LogP contribution in [0, 0.1) is 0 Å². The number of hydrogen-bond acceptors (Lipinski definition) is 8. The van der Waals surface area contributed by atoms with E-state index in [1.54, 1.807) is 48.5 Å². The average Bonchev–Trinajstić information content (AvgIpc) is 2.79. The molecule has 0 spiro atoms. The summed E-state index contributed by atoms with van der Waals surface area (Å²) < 4.78 is 20.1. The van der Waals surface area contributed by atoms with Crippen LogP contribution < -0.4 is 9.47 Å². The fourth-order valence-corrected chi connectivity index (χ4v) is 2.31. The molecule has 2 aromatic rings. The molecule has 32 heavy (non-hydrogen) atoms. The molecule has 8 nitrogen and oxygen atoms in total. The van der Waals surface area contributed by atoms with Gasteiger partial charge in [-0.05, 0) is 38.1 Å². The van der Waals surface area contributed by atoms with Gasteiger partial charge in [0.1, 0.15) is 11.5 Å². The lowest BCUT2D eigenvalue weighted by Gasteiger charge is -2.08. The summed E-state index contributed by atoms with van der Waals surface area (Å²) >= 11 is 0. The first-order chi connectivity index (χ1) is 15.4. The van der Waals surface area contributed by atoms with Crippen LogP contribution in [-0.2, 0) is 28.7 Å². The minimum Gasteiger partial charge on any atom is -0.493 e. The third-order valence-electron chi connectivity index (χ3n) is 4.22. The Kier molecular flexibility index (Phi) is 9.65. The van der Waals surface area contributed by atoms with Gasteiger partial charge in [-0.25, -0.2) is 9.59 Å². The normalized spacial score (nSPS) is 11.1. The van der Waals surface area contributed by atoms with Gasteiger partial charge in [0.2, 0.25) is 0 Å². The highest BCUT2D eigenvalue weighted by atomic mass is 16.6. The monoisotopic (exact) mass is 440 g/mol. The maximum absolute atomic E-state index is 12.1. The summed E-state index contributed by atoms with van der Waals surface area (Å²) in [6.07, 6.45) is -0.311. The molecule has 0 aliphatic heterocycles. The molecule has 0 fully saturated rings. The predicted molar refractivity (Wildman–Crippen MR) is 114 cm³/mol. The molecule has 8 heteroatoms. The smallest absolute Gasteiger partial charge is 0.341 e. The lowest BCUT2D eigenvalue weighted by atomic mass is 10.1. The Labute approximate surface area is 185 Å². The molecule has 168 valence electrons. The van der Waals surface area contributed by atoms with E-state index in [4.69, 9.17) is 18.9 Å². The van der Waals surface area contributed by atoms with Crippen LogP contribution in [0.15, 0.2) is 71.8 Å². The second-order valence-electron chi connectivity index (χ2n) is 6.60. The van der Waals surface area contributed by atoms with E-state index < -0.39 is 23.9 Å². The van der Waals surface area contributed by atoms with Crippen LogP contribution in [0.25, 0.3) is 0 Å². The quantitative estimate of drug-likeness (QED) is 0.314. The number of para-hydroxylation sites is 2. The molecule has 0 saturated carbocycles. The molecule has 0 amide bonds. The van der Waals surface area contributed by atoms with E-state index in [1.807, 2.05) is 12.1 Å². The Morgan fingerprint density at radius 1 is 0.594 bits per heavy atom. The molecule has 0 unspecified atom stereocenters. The van der Waals surface area contributed by atoms with Gasteiger partial charge < -0.3 is 18.9 Å². The Balaban J connectivity index is 1.74. The minimum atomic E-state index is -0.996. The number of ether oxygens (including phenoxy) is 4. The van der Waals surface area contributed by atoms with Crippen LogP contribution in [0.3, 0.4) is 0 Å². The van der Waals surface area contributed by atoms with E-state index in [0.29, 0.717) is 11.5 Å². The molecule has 0 saturated heterocycles. The lowest BCUT2D eigenvalue weighted by Crippen LogP contribution is -2.20. The van der Waals surface area contributed by atoms with E-state index in [1.165, 1.54) is 13.8 Å². The van der Waals surface area contributed by atoms with Crippen molar-refractivity contribution in [3.63, 3.8) is 0 Å². The second kappa shape index (κ2) is 12.7. The summed E-state index contributed by atoms with van der Waals surface area (Å²) in [7, 11) is 0. The van der Waals surface area contributed by atoms with Crippen molar-refractivity contribution < 1.29 is 38.1 Å². The van der Waals surface area contributed by atoms with Crippen molar-refractivity contribution in [3.05, 3.63) is 71.8 Å². The van der Waals surface area contributed by atoms with Crippen molar-refractivity contribution in [2.45, 2.75) is 26.7 Å². The molecule has 0 radical (unpaired) electrons. The van der Waals surface area contributed by atoms with E-state index in [0.717, 1.165) is 0 Å². The molecule has 0 aliphatic carbocycles. The first-order valence-corrected chi connectivity index (χ1v) is 9.90. The van der Waals surface area contributed by atoms with Crippen LogP contribution in [0.5, 0.6) is 11.5 Å². The molecule has 0 aromatic heterocycles. The molecule has 0 atom stereocenters. The largest absolute Gasteiger partial charge is 0.493 e. The van der Waals surface area contributed by atoms with Crippen molar-refractivity contribution in [1.29, 1.82) is 0 Å². The van der Waals surface area contributed by atoms with Gasteiger partial charge in [0.25, 0.3) is 0 Å². The molecule has 0 N–H and O–H groups in total. The maximum Gasteiger partial charge on any atom is 0.341 e. The SMILES string of the molecule is CC(C(=O)OC(=O)CCOc1ccccc1)=C(C)C(=O)OC(=O)CCOc1ccccc1. The number of esters is 4. The molecular weight excluding hydrogens is 416 g/mol. The Morgan fingerprint density at radius 2 is 0.938 bits per heavy atom. The predicted octanol–water partition coefficient (Wildman–Crippen LogP) is 3.40. The fourth-order valence-electron chi connectivity index (χ4n) is 2.31. The van der Waals surface area contributed by atoms with E-state index in [9.17, 15) is 19.2 Å². The zero-order valence-electron chi connectivity index (χ0n) is 17.9. The van der Waals surface area contributed by atoms with Crippen LogP contribution in [0.2, 0.25) is 0 Å². The zero-order chi connectivity index (χ0) is 23.3. The number of rotatable bonds is 10. The van der Waals surface area contributed by atoms with E-state index >= 15 is 0 Å². The van der Waals surface area contributed by atoms with Gasteiger partial charge in [0.15, 0.2) is 0 Å². The highest BCUT2D eigenvalue weighted by Gasteiger charge is 2.21. The van der Waals surface area contributed by atoms with Crippen LogP contribution in [0.1, 0.15) is 26.7 Å². The maximum atomic E-state index is 12.1. The summed E-state index contributed by atoms with van der Waals surface area (Å²) in [6.45, 7) is 2.66. The van der Waals surface area contributed by atoms with Gasteiger partial charge in [-0.2, -0.15) is 0 Å². The lowest BCUT2D eigenvalue weighted by molar-refractivity contribution is -0.160. The van der Waals surface area contributed by atoms with Gasteiger partial charge in [-0.3, -0.25) is 9.59 Å². The number of hydrogen-bond donors (Lipinski definition) is 0. The molecule has 2 rings (SSSR count). The summed E-state index contributed by atoms with van der Waals surface area (Å²) in [5.74, 6) is -2.44. The Hall–Kier alpha value is -3.94. The third kappa shape index (κ3) is 8.43. The average molecular weight is 440 g/mol. The fraction of sp³-hybridized carbons (Fsp3) is 0.250. The summed E-state index contributed by atoms with van der Waals surface area (Å²) in [6, 6.07) is 17.7. The Bertz CT molecular complexity index is 885. The van der Waals surface area contributed by atoms with Gasteiger partial charge in [0.05, 0.1) is 26.1 Å². The topological polar surface area (TPSA) is 105 Å². The van der Waals surface area contributed by atoms with Crippen molar-refractivity contribution in [3.8, 4) is 11.5 Å². The molecule has 2 aromatic carbocycles. The molecule has 0 aliphatic rings. The third-order valence-corrected chi connectivity index (χ3v) is 4.22. The minimum absolute atomic E-state index is 0.0272. The zero-order valence-corrected chi connectivity index (χ0v) is 17.9. The van der Waals surface area contributed by atoms with Gasteiger partial charge >= 0.3 is 23.9 Å². The van der Waals surface area contributed by atoms with Gasteiger partial charge in [-0.1, -0.05) is 36.4 Å². The first-order valence-electron chi connectivity index (χ1n) is 9.90. The summed E-state index contributed by atoms with van der Waals surface area (Å²) in [4.78, 5) is 47.8. The Morgan fingerprint density at radius 3 is 1.28 bits per heavy atom. The number of carbonyl (C=O) groups excluding carboxylic acids is 4. The molecular formula is C24H24O8. The van der Waals surface area contributed by atoms with E-state index in [2.05, 4.69) is 0 Å². The van der Waals surface area contributed by atoms with Crippen LogP contribution >= 0.6 is 0 Å². The van der Waals surface area contributed by atoms with Gasteiger partial charge in [0, 0.05) is 11.1 Å². The second-order valence-corrected chi connectivity index (χ2v) is 6.60. The van der Waals surface area contributed by atoms with Crippen LogP contribution in [-0.4, -0.2) is 37.1 Å². The number of benzene rings is 2.